The summed E-state index contributed by atoms with van der Waals surface area (Å²) >= 11 is 0. The fraction of sp³-hybridized carbons (Fsp3) is 0.714. The van der Waals surface area contributed by atoms with Gasteiger partial charge in [0, 0.05) is 0 Å². The number of hydrogen-bond donors (Lipinski definition) is 0. The van der Waals surface area contributed by atoms with Crippen LogP contribution in [0.1, 0.15) is 26.2 Å². The van der Waals surface area contributed by atoms with E-state index < -0.39 is 0 Å². The molecule has 80 valence electrons. The number of carbonyl (C=O) groups is 2. The molecule has 7 heteroatoms. The van der Waals surface area contributed by atoms with Crippen molar-refractivity contribution in [3.63, 3.8) is 0 Å². The Kier molecular flexibility index (Phi) is 19.9. The van der Waals surface area contributed by atoms with Gasteiger partial charge < -0.3 is 42.0 Å². The zero-order valence-electron chi connectivity index (χ0n) is 7.63. The largest absolute Gasteiger partial charge is 3.00 e. The molecular formula is C7H10AlCl3O3. The molecule has 1 rings (SSSR count). The van der Waals surface area contributed by atoms with Gasteiger partial charge in [-0.3, -0.25) is 9.59 Å². The van der Waals surface area contributed by atoms with Gasteiger partial charge in [-0.2, -0.15) is 0 Å². The van der Waals surface area contributed by atoms with Gasteiger partial charge in [-0.1, -0.05) is 13.3 Å². The second kappa shape index (κ2) is 11.6. The van der Waals surface area contributed by atoms with Crippen molar-refractivity contribution in [3.05, 3.63) is 0 Å². The third kappa shape index (κ3) is 6.92. The molecule has 1 saturated heterocycles. The minimum Gasteiger partial charge on any atom is -1.00 e. The molecule has 1 fully saturated rings. The number of esters is 2. The van der Waals surface area contributed by atoms with E-state index in [1.807, 2.05) is 6.92 Å². The molecule has 0 spiro atoms. The summed E-state index contributed by atoms with van der Waals surface area (Å²) < 4.78 is 4.35. The molecule has 1 aliphatic rings. The van der Waals surface area contributed by atoms with Gasteiger partial charge in [0.05, 0.1) is 12.3 Å². The molecule has 0 radical (unpaired) electrons. The molecule has 1 atom stereocenters. The Morgan fingerprint density at radius 3 is 2.07 bits per heavy atom. The summed E-state index contributed by atoms with van der Waals surface area (Å²) in [6.45, 7) is 1.98. The van der Waals surface area contributed by atoms with Gasteiger partial charge in [0.25, 0.3) is 0 Å². The van der Waals surface area contributed by atoms with Gasteiger partial charge in [0.1, 0.15) is 0 Å². The van der Waals surface area contributed by atoms with Crippen LogP contribution in [0.25, 0.3) is 0 Å². The van der Waals surface area contributed by atoms with Crippen molar-refractivity contribution in [2.45, 2.75) is 26.2 Å². The molecule has 0 N–H and O–H groups in total. The van der Waals surface area contributed by atoms with E-state index in [9.17, 15) is 9.59 Å². The second-order valence-electron chi connectivity index (χ2n) is 2.48. The van der Waals surface area contributed by atoms with Crippen LogP contribution >= 0.6 is 0 Å². The zero-order valence-corrected chi connectivity index (χ0v) is 11.1. The molecule has 0 aromatic heterocycles. The summed E-state index contributed by atoms with van der Waals surface area (Å²) in [5.41, 5.74) is 0. The third-order valence-corrected chi connectivity index (χ3v) is 1.60. The van der Waals surface area contributed by atoms with Gasteiger partial charge in [-0.15, -0.1) is 0 Å². The van der Waals surface area contributed by atoms with E-state index in [0.717, 1.165) is 12.8 Å². The predicted molar refractivity (Wildman–Crippen MR) is 39.9 cm³/mol. The van der Waals surface area contributed by atoms with Gasteiger partial charge in [-0.05, 0) is 6.42 Å². The van der Waals surface area contributed by atoms with Crippen LogP contribution in [0.2, 0.25) is 0 Å². The van der Waals surface area contributed by atoms with E-state index in [2.05, 4.69) is 4.74 Å². The van der Waals surface area contributed by atoms with Gasteiger partial charge >= 0.3 is 29.3 Å². The maximum atomic E-state index is 10.7. The van der Waals surface area contributed by atoms with E-state index in [4.69, 9.17) is 0 Å². The van der Waals surface area contributed by atoms with Crippen LogP contribution in [0.15, 0.2) is 0 Å². The van der Waals surface area contributed by atoms with E-state index in [1.165, 1.54) is 0 Å². The van der Waals surface area contributed by atoms with E-state index in [1.54, 1.807) is 0 Å². The Bertz CT molecular complexity index is 178. The first kappa shape index (κ1) is 24.0. The van der Waals surface area contributed by atoms with Gasteiger partial charge in [0.2, 0.25) is 0 Å². The molecule has 0 saturated carbocycles. The van der Waals surface area contributed by atoms with Crippen LogP contribution in [0, 0.1) is 5.92 Å². The van der Waals surface area contributed by atoms with Crippen LogP contribution in [-0.2, 0) is 14.3 Å². The summed E-state index contributed by atoms with van der Waals surface area (Å²) in [6, 6.07) is 0. The molecule has 14 heavy (non-hydrogen) atoms. The van der Waals surface area contributed by atoms with Gasteiger partial charge in [-0.25, -0.2) is 0 Å². The first-order chi connectivity index (χ1) is 4.74. The van der Waals surface area contributed by atoms with Crippen LogP contribution in [0.5, 0.6) is 0 Å². The fourth-order valence-corrected chi connectivity index (χ4v) is 1.09. The molecule has 3 nitrogen and oxygen atoms in total. The van der Waals surface area contributed by atoms with Crippen molar-refractivity contribution in [2.24, 2.45) is 5.92 Å². The Labute approximate surface area is 113 Å². The smallest absolute Gasteiger partial charge is 1.00 e. The average molecular weight is 275 g/mol. The summed E-state index contributed by atoms with van der Waals surface area (Å²) in [5, 5.41) is 0. The Hall–Kier alpha value is 0.542. The molecule has 0 bridgehead atoms. The molecule has 1 unspecified atom stereocenters. The maximum absolute atomic E-state index is 10.7. The summed E-state index contributed by atoms with van der Waals surface area (Å²) in [6.07, 6.45) is 1.98. The van der Waals surface area contributed by atoms with E-state index in [-0.39, 0.29) is 78.9 Å². The fourth-order valence-electron chi connectivity index (χ4n) is 1.09. The van der Waals surface area contributed by atoms with Crippen molar-refractivity contribution >= 4 is 29.3 Å². The quantitative estimate of drug-likeness (QED) is 0.286. The minimum atomic E-state index is -0.372. The average Bonchev–Trinajstić information content (AvgIpc) is 2.13. The number of carbonyl (C=O) groups excluding carboxylic acids is 2. The van der Waals surface area contributed by atoms with Gasteiger partial charge in [0.15, 0.2) is 0 Å². The van der Waals surface area contributed by atoms with Crippen molar-refractivity contribution in [3.8, 4) is 0 Å². The number of halogens is 3. The first-order valence-electron chi connectivity index (χ1n) is 3.48. The number of cyclic esters (lactones) is 2. The summed E-state index contributed by atoms with van der Waals surface area (Å²) in [7, 11) is 0. The standard InChI is InChI=1S/C7H10O3.Al.3ClH/c1-2-3-5-4-6(8)10-7(5)9;;;;/h5H,2-4H2,1H3;;3*1H/q;+3;;;/p-3. The topological polar surface area (TPSA) is 43.4 Å². The minimum absolute atomic E-state index is 0. The molecule has 1 heterocycles. The number of hydrogen-bond acceptors (Lipinski definition) is 3. The monoisotopic (exact) mass is 274 g/mol. The zero-order chi connectivity index (χ0) is 7.56. The SMILES string of the molecule is CCCC1CC(=O)OC1=O.[Al+3].[Cl-].[Cl-].[Cl-]. The molecule has 0 aliphatic carbocycles. The molecule has 0 amide bonds. The van der Waals surface area contributed by atoms with Crippen LogP contribution in [-0.4, -0.2) is 29.3 Å². The number of ether oxygens (including phenoxy) is 1. The Balaban J connectivity index is -0.000000125. The van der Waals surface area contributed by atoms with Crippen molar-refractivity contribution in [1.82, 2.24) is 0 Å². The third-order valence-electron chi connectivity index (χ3n) is 1.60. The van der Waals surface area contributed by atoms with E-state index >= 15 is 0 Å². The normalized spacial score (nSPS) is 17.9. The summed E-state index contributed by atoms with van der Waals surface area (Å²) in [4.78, 5) is 21.2. The summed E-state index contributed by atoms with van der Waals surface area (Å²) in [5.74, 6) is -0.868. The maximum Gasteiger partial charge on any atom is 3.00 e. The Morgan fingerprint density at radius 2 is 1.79 bits per heavy atom. The second-order valence-corrected chi connectivity index (χ2v) is 2.48. The first-order valence-corrected chi connectivity index (χ1v) is 3.48. The van der Waals surface area contributed by atoms with E-state index in [0.29, 0.717) is 0 Å². The molecule has 1 aliphatic heterocycles. The Morgan fingerprint density at radius 1 is 1.29 bits per heavy atom. The van der Waals surface area contributed by atoms with Crippen LogP contribution < -0.4 is 37.2 Å². The van der Waals surface area contributed by atoms with Crippen LogP contribution in [0.4, 0.5) is 0 Å². The van der Waals surface area contributed by atoms with Crippen molar-refractivity contribution in [1.29, 1.82) is 0 Å². The van der Waals surface area contributed by atoms with Crippen LogP contribution in [0.3, 0.4) is 0 Å². The van der Waals surface area contributed by atoms with Crippen molar-refractivity contribution in [2.75, 3.05) is 0 Å². The molecular weight excluding hydrogens is 265 g/mol. The molecule has 0 aromatic carbocycles. The van der Waals surface area contributed by atoms with Crippen molar-refractivity contribution < 1.29 is 51.5 Å². The number of rotatable bonds is 2. The molecule has 0 aromatic rings. The predicted octanol–water partition coefficient (Wildman–Crippen LogP) is -8.49.